The second-order valence-corrected chi connectivity index (χ2v) is 24.9. The van der Waals surface area contributed by atoms with Gasteiger partial charge in [0.1, 0.15) is 11.2 Å². The van der Waals surface area contributed by atoms with Crippen molar-refractivity contribution in [3.63, 3.8) is 0 Å². The number of furan rings is 1. The summed E-state index contributed by atoms with van der Waals surface area (Å²) in [6.07, 6.45) is 4.73. The zero-order chi connectivity index (χ0) is 52.0. The smallest absolute Gasteiger partial charge is 0.252 e. The van der Waals surface area contributed by atoms with Crippen LogP contribution in [0.25, 0.3) is 44.2 Å². The molecular formula is C71H66BN3O. The van der Waals surface area contributed by atoms with Crippen LogP contribution in [-0.2, 0) is 16.2 Å². The molecule has 0 radical (unpaired) electrons. The highest BCUT2D eigenvalue weighted by atomic mass is 16.3. The van der Waals surface area contributed by atoms with Gasteiger partial charge in [-0.2, -0.15) is 0 Å². The van der Waals surface area contributed by atoms with Crippen molar-refractivity contribution < 1.29 is 4.42 Å². The summed E-state index contributed by atoms with van der Waals surface area (Å²) in [5.74, 6) is 0. The van der Waals surface area contributed by atoms with E-state index in [2.05, 4.69) is 265 Å². The normalized spacial score (nSPS) is 18.6. The van der Waals surface area contributed by atoms with Gasteiger partial charge in [0.25, 0.3) is 6.71 Å². The molecule has 2 atom stereocenters. The van der Waals surface area contributed by atoms with E-state index < -0.39 is 0 Å². The van der Waals surface area contributed by atoms with Crippen molar-refractivity contribution in [2.45, 2.75) is 110 Å². The number of rotatable bonds is 5. The molecule has 0 amide bonds. The van der Waals surface area contributed by atoms with Gasteiger partial charge in [0.15, 0.2) is 0 Å². The summed E-state index contributed by atoms with van der Waals surface area (Å²) in [5, 5.41) is 2.25. The fourth-order valence-corrected chi connectivity index (χ4v) is 14.2. The molecule has 14 rings (SSSR count). The number of benzene rings is 9. The monoisotopic (exact) mass is 988 g/mol. The summed E-state index contributed by atoms with van der Waals surface area (Å²) in [5.41, 5.74) is 25.5. The lowest BCUT2D eigenvalue weighted by Crippen LogP contribution is -2.61. The van der Waals surface area contributed by atoms with Crippen LogP contribution in [0.2, 0.25) is 0 Å². The average Bonchev–Trinajstić information content (AvgIpc) is 4.09. The van der Waals surface area contributed by atoms with Gasteiger partial charge in [-0.05, 0) is 166 Å². The molecule has 1 aliphatic carbocycles. The van der Waals surface area contributed by atoms with Crippen LogP contribution >= 0.6 is 0 Å². The Hall–Kier alpha value is -7.76. The molecule has 0 saturated heterocycles. The van der Waals surface area contributed by atoms with E-state index in [1.165, 1.54) is 114 Å². The Bertz CT molecular complexity index is 3990. The van der Waals surface area contributed by atoms with Gasteiger partial charge < -0.3 is 19.1 Å². The Balaban J connectivity index is 1.07. The van der Waals surface area contributed by atoms with Crippen LogP contribution < -0.4 is 31.1 Å². The molecule has 9 aromatic carbocycles. The summed E-state index contributed by atoms with van der Waals surface area (Å²) >= 11 is 0. The number of para-hydroxylation sites is 1. The maximum atomic E-state index is 6.66. The maximum Gasteiger partial charge on any atom is 0.252 e. The lowest BCUT2D eigenvalue weighted by atomic mass is 9.33. The summed E-state index contributed by atoms with van der Waals surface area (Å²) < 4.78 is 6.66. The van der Waals surface area contributed by atoms with Crippen LogP contribution in [-0.4, -0.2) is 12.3 Å². The predicted molar refractivity (Wildman–Crippen MR) is 324 cm³/mol. The molecule has 4 aliphatic rings. The van der Waals surface area contributed by atoms with E-state index in [4.69, 9.17) is 4.42 Å². The Kier molecular flexibility index (Phi) is 10.2. The molecule has 4 nitrogen and oxygen atoms in total. The van der Waals surface area contributed by atoms with Gasteiger partial charge in [0.05, 0.1) is 22.3 Å². The Morgan fingerprint density at radius 1 is 0.474 bits per heavy atom. The van der Waals surface area contributed by atoms with E-state index >= 15 is 0 Å². The Morgan fingerprint density at radius 3 is 1.82 bits per heavy atom. The minimum Gasteiger partial charge on any atom is -0.456 e. The first-order chi connectivity index (χ1) is 36.6. The Morgan fingerprint density at radius 2 is 1.08 bits per heavy atom. The number of aryl methyl sites for hydroxylation is 1. The van der Waals surface area contributed by atoms with Gasteiger partial charge >= 0.3 is 0 Å². The van der Waals surface area contributed by atoms with Crippen LogP contribution in [0.3, 0.4) is 0 Å². The van der Waals surface area contributed by atoms with E-state index in [9.17, 15) is 0 Å². The first kappa shape index (κ1) is 46.8. The molecule has 1 aromatic heterocycles. The molecule has 2 unspecified atom stereocenters. The molecule has 76 heavy (non-hydrogen) atoms. The number of nitrogens with zero attached hydrogens (tertiary/aromatic N) is 3. The first-order valence-corrected chi connectivity index (χ1v) is 27.7. The number of fused-ring (bicyclic) bond motifs is 10. The second-order valence-electron chi connectivity index (χ2n) is 24.9. The van der Waals surface area contributed by atoms with Gasteiger partial charge in [-0.15, -0.1) is 0 Å². The summed E-state index contributed by atoms with van der Waals surface area (Å²) in [7, 11) is 0. The zero-order valence-electron chi connectivity index (χ0n) is 45.6. The third-order valence-corrected chi connectivity index (χ3v) is 18.3. The van der Waals surface area contributed by atoms with Gasteiger partial charge in [-0.3, -0.25) is 0 Å². The highest BCUT2D eigenvalue weighted by Gasteiger charge is 2.58. The van der Waals surface area contributed by atoms with E-state index in [0.717, 1.165) is 40.5 Å². The third-order valence-electron chi connectivity index (χ3n) is 18.3. The number of hydrogen-bond acceptors (Lipinski definition) is 4. The lowest BCUT2D eigenvalue weighted by Gasteiger charge is -2.50. The van der Waals surface area contributed by atoms with Crippen molar-refractivity contribution in [2.75, 3.05) is 14.7 Å². The third kappa shape index (κ3) is 6.83. The second kappa shape index (κ2) is 16.6. The van der Waals surface area contributed by atoms with E-state index in [-0.39, 0.29) is 28.5 Å². The summed E-state index contributed by atoms with van der Waals surface area (Å²) in [6.45, 7) is 21.4. The van der Waals surface area contributed by atoms with Crippen LogP contribution in [0.5, 0.6) is 0 Å². The minimum atomic E-state index is -0.137. The van der Waals surface area contributed by atoms with Gasteiger partial charge in [0.2, 0.25) is 0 Å². The van der Waals surface area contributed by atoms with Gasteiger partial charge in [-0.1, -0.05) is 177 Å². The molecule has 0 N–H and O–H groups in total. The van der Waals surface area contributed by atoms with E-state index in [1.54, 1.807) is 0 Å². The summed E-state index contributed by atoms with van der Waals surface area (Å²) in [6, 6.07) is 71.7. The molecule has 4 heterocycles. The van der Waals surface area contributed by atoms with Crippen molar-refractivity contribution in [3.8, 4) is 22.3 Å². The van der Waals surface area contributed by atoms with Crippen LogP contribution in [0.15, 0.2) is 192 Å². The maximum absolute atomic E-state index is 6.66. The zero-order valence-corrected chi connectivity index (χ0v) is 45.6. The average molecular weight is 988 g/mol. The minimum absolute atomic E-state index is 0.0391. The lowest BCUT2D eigenvalue weighted by molar-refractivity contribution is 0.195. The largest absolute Gasteiger partial charge is 0.456 e. The van der Waals surface area contributed by atoms with E-state index in [1.807, 2.05) is 0 Å². The predicted octanol–water partition coefficient (Wildman–Crippen LogP) is 17.6. The number of hydrogen-bond donors (Lipinski definition) is 0. The fraction of sp³-hybridized carbons (Fsp3) is 0.239. The quantitative estimate of drug-likeness (QED) is 0.160. The van der Waals surface area contributed by atoms with Crippen LogP contribution in [0.4, 0.5) is 45.5 Å². The topological polar surface area (TPSA) is 22.9 Å². The molecule has 0 bridgehead atoms. The molecule has 1 fully saturated rings. The molecule has 3 aliphatic heterocycles. The fourth-order valence-electron chi connectivity index (χ4n) is 14.2. The van der Waals surface area contributed by atoms with Crippen molar-refractivity contribution in [2.24, 2.45) is 0 Å². The molecule has 374 valence electrons. The standard InChI is InChI=1S/C71H66BN3O/c1-45-39-62-67-63(40-45)74(59-26-20-28-65-66(59)52-25-16-17-27-64(52)76-65)60-43-50(69(5,6)7)30-33-55(60)72(67)56-34-32-51(44-61(56)73(62)57-36-31-49(68(2,3)4)42-53(57)47-23-14-11-15-24-47)75-58-35-29-48(46-21-12-10-13-22-46)41-54(58)70(8)37-18-19-38-71(70,75)9/h10-17,20-36,39-44H,18-19,37-38H2,1-9H3. The molecule has 0 spiro atoms. The Labute approximate surface area is 449 Å². The van der Waals surface area contributed by atoms with Crippen molar-refractivity contribution in [1.29, 1.82) is 0 Å². The van der Waals surface area contributed by atoms with Crippen molar-refractivity contribution in [1.82, 2.24) is 0 Å². The van der Waals surface area contributed by atoms with Crippen LogP contribution in [0.1, 0.15) is 103 Å². The number of anilines is 8. The highest BCUT2D eigenvalue weighted by molar-refractivity contribution is 7.00. The van der Waals surface area contributed by atoms with Gasteiger partial charge in [-0.25, -0.2) is 0 Å². The molecule has 10 aromatic rings. The van der Waals surface area contributed by atoms with Gasteiger partial charge in [0, 0.05) is 50.5 Å². The summed E-state index contributed by atoms with van der Waals surface area (Å²) in [4.78, 5) is 8.02. The molecule has 1 saturated carbocycles. The first-order valence-electron chi connectivity index (χ1n) is 27.7. The van der Waals surface area contributed by atoms with Crippen LogP contribution in [0, 0.1) is 6.92 Å². The van der Waals surface area contributed by atoms with E-state index in [0.29, 0.717) is 0 Å². The molecule has 5 heteroatoms. The van der Waals surface area contributed by atoms with Crippen molar-refractivity contribution in [3.05, 3.63) is 210 Å². The molecular weight excluding hydrogens is 922 g/mol. The SMILES string of the molecule is Cc1cc2c3c(c1)N(c1cccc4oc5ccccc5c14)c1cc(C(C)(C)C)ccc1B3c1ccc(N3c4ccc(-c5ccccc5)cc4C4(C)CCCCC34C)cc1N2c1ccc(C(C)(C)C)cc1-c1ccccc1. The highest BCUT2D eigenvalue weighted by Crippen LogP contribution is 2.62. The van der Waals surface area contributed by atoms with Crippen molar-refractivity contribution >= 4 is 90.5 Å².